The van der Waals surface area contributed by atoms with Crippen LogP contribution in [0.3, 0.4) is 0 Å². The van der Waals surface area contributed by atoms with Crippen molar-refractivity contribution in [2.24, 2.45) is 4.99 Å². The number of alkyl halides is 3. The number of carbonyl (C=O) groups is 1. The number of hydrogen-bond acceptors (Lipinski definition) is 5. The summed E-state index contributed by atoms with van der Waals surface area (Å²) in [5.74, 6) is 0.155. The van der Waals surface area contributed by atoms with Gasteiger partial charge in [-0.3, -0.25) is 4.79 Å². The normalized spacial score (nSPS) is 21.8. The van der Waals surface area contributed by atoms with Crippen LogP contribution in [0.5, 0.6) is 0 Å². The number of sulfonamides is 1. The van der Waals surface area contributed by atoms with Gasteiger partial charge in [0.1, 0.15) is 6.54 Å². The molecule has 0 aliphatic carbocycles. The van der Waals surface area contributed by atoms with E-state index in [0.717, 1.165) is 12.8 Å². The molecule has 0 aromatic carbocycles. The maximum absolute atomic E-state index is 12.7. The Hall–Kier alpha value is -0.870. The number of hydrogen-bond donors (Lipinski definition) is 2. The number of carbonyl (C=O) groups excluding carboxylic acids is 1. The van der Waals surface area contributed by atoms with Crippen LogP contribution in [0, 0.1) is 0 Å². The van der Waals surface area contributed by atoms with Gasteiger partial charge in [0.2, 0.25) is 5.91 Å². The van der Waals surface area contributed by atoms with Gasteiger partial charge in [-0.1, -0.05) is 0 Å². The van der Waals surface area contributed by atoms with Gasteiger partial charge in [-0.05, 0) is 25.7 Å². The molecule has 2 aliphatic heterocycles. The summed E-state index contributed by atoms with van der Waals surface area (Å²) >= 11 is 0. The molecule has 2 saturated heterocycles. The zero-order chi connectivity index (χ0) is 21.7. The highest BCUT2D eigenvalue weighted by atomic mass is 127. The van der Waals surface area contributed by atoms with Gasteiger partial charge < -0.3 is 20.3 Å². The summed E-state index contributed by atoms with van der Waals surface area (Å²) in [4.78, 5) is 17.5. The number of nitrogens with zero attached hydrogens (tertiary/aromatic N) is 3. The van der Waals surface area contributed by atoms with Crippen molar-refractivity contribution in [3.63, 3.8) is 0 Å². The summed E-state index contributed by atoms with van der Waals surface area (Å²) in [5, 5.41) is 6.20. The molecule has 2 fully saturated rings. The Morgan fingerprint density at radius 2 is 1.87 bits per heavy atom. The number of likely N-dealkylation sites (N-methyl/N-ethyl adjacent to an activating group) is 1. The maximum Gasteiger partial charge on any atom is 0.511 e. The van der Waals surface area contributed by atoms with E-state index in [1.165, 1.54) is 4.90 Å². The lowest BCUT2D eigenvalue weighted by Gasteiger charge is -2.32. The molecule has 2 rings (SSSR count). The minimum absolute atomic E-state index is 0. The molecule has 1 amide bonds. The number of nitrogens with one attached hydrogen (secondary N) is 2. The van der Waals surface area contributed by atoms with Crippen LogP contribution >= 0.6 is 24.0 Å². The molecule has 0 aromatic rings. The van der Waals surface area contributed by atoms with E-state index >= 15 is 0 Å². The lowest BCUT2D eigenvalue weighted by atomic mass is 10.1. The molecule has 0 bridgehead atoms. The molecule has 2 N–H and O–H groups in total. The van der Waals surface area contributed by atoms with Crippen molar-refractivity contribution in [2.75, 3.05) is 46.9 Å². The summed E-state index contributed by atoms with van der Waals surface area (Å²) in [6, 6.07) is -0.264. The lowest BCUT2D eigenvalue weighted by molar-refractivity contribution is -0.127. The van der Waals surface area contributed by atoms with Gasteiger partial charge in [-0.25, -0.2) is 13.4 Å². The van der Waals surface area contributed by atoms with Crippen LogP contribution in [0.25, 0.3) is 0 Å². The highest BCUT2D eigenvalue weighted by Gasteiger charge is 2.50. The van der Waals surface area contributed by atoms with Crippen LogP contribution in [0.2, 0.25) is 0 Å². The summed E-state index contributed by atoms with van der Waals surface area (Å²) in [7, 11) is -2.09. The summed E-state index contributed by atoms with van der Waals surface area (Å²) in [6.45, 7) is 0.611. The number of guanidine groups is 1. The highest BCUT2D eigenvalue weighted by Crippen LogP contribution is 2.28. The van der Waals surface area contributed by atoms with Gasteiger partial charge in [0.25, 0.3) is 0 Å². The zero-order valence-electron chi connectivity index (χ0n) is 16.9. The molecule has 176 valence electrons. The Morgan fingerprint density at radius 1 is 1.23 bits per heavy atom. The molecular weight excluding hydrogens is 542 g/mol. The quantitative estimate of drug-likeness (QED) is 0.277. The molecule has 0 saturated carbocycles. The molecule has 0 radical (unpaired) electrons. The predicted molar refractivity (Wildman–Crippen MR) is 116 cm³/mol. The average Bonchev–Trinajstić information content (AvgIpc) is 3.16. The molecule has 14 heteroatoms. The Bertz CT molecular complexity index is 691. The first-order valence-corrected chi connectivity index (χ1v) is 10.9. The predicted octanol–water partition coefficient (Wildman–Crippen LogP) is 0.721. The van der Waals surface area contributed by atoms with E-state index in [1.54, 1.807) is 14.1 Å². The van der Waals surface area contributed by atoms with Crippen LogP contribution in [0.1, 0.15) is 25.7 Å². The highest BCUT2D eigenvalue weighted by molar-refractivity contribution is 14.0. The van der Waals surface area contributed by atoms with Gasteiger partial charge >= 0.3 is 15.5 Å². The second-order valence-corrected chi connectivity index (χ2v) is 9.17. The first-order chi connectivity index (χ1) is 13.5. The van der Waals surface area contributed by atoms with Gasteiger partial charge in [0.05, 0.1) is 6.10 Å². The van der Waals surface area contributed by atoms with Crippen molar-refractivity contribution in [1.29, 1.82) is 0 Å². The lowest BCUT2D eigenvalue weighted by Crippen LogP contribution is -2.52. The van der Waals surface area contributed by atoms with Crippen molar-refractivity contribution < 1.29 is 31.1 Å². The third-order valence-electron chi connectivity index (χ3n) is 4.82. The molecule has 0 spiro atoms. The summed E-state index contributed by atoms with van der Waals surface area (Å²) in [6.07, 6.45) is 2.29. The van der Waals surface area contributed by atoms with E-state index < -0.39 is 15.5 Å². The SMILES string of the molecule is CN(C)C(=O)CN=C(NCC1CCCO1)NC1CCN(S(=O)(=O)C(F)(F)F)CC1.I. The third kappa shape index (κ3) is 7.67. The number of amides is 1. The van der Waals surface area contributed by atoms with Crippen molar-refractivity contribution >= 4 is 45.9 Å². The smallest absolute Gasteiger partial charge is 0.376 e. The van der Waals surface area contributed by atoms with E-state index in [2.05, 4.69) is 15.6 Å². The minimum atomic E-state index is -5.31. The zero-order valence-corrected chi connectivity index (χ0v) is 20.1. The standard InChI is InChI=1S/C16H28F3N5O4S.HI/c1-23(2)14(25)11-21-15(20-10-13-4-3-9-28-13)22-12-5-7-24(8-6-12)29(26,27)16(17,18)19;/h12-13H,3-11H2,1-2H3,(H2,20,21,22);1H. The topological polar surface area (TPSA) is 103 Å². The van der Waals surface area contributed by atoms with Crippen LogP contribution < -0.4 is 10.6 Å². The molecule has 9 nitrogen and oxygen atoms in total. The number of ether oxygens (including phenoxy) is 1. The van der Waals surface area contributed by atoms with Gasteiger partial charge in [0.15, 0.2) is 5.96 Å². The fourth-order valence-corrected chi connectivity index (χ4v) is 4.02. The van der Waals surface area contributed by atoms with E-state index in [0.29, 0.717) is 23.4 Å². The van der Waals surface area contributed by atoms with Crippen LogP contribution in [-0.2, 0) is 19.6 Å². The second kappa shape index (κ2) is 11.7. The van der Waals surface area contributed by atoms with E-state index in [9.17, 15) is 26.4 Å². The first kappa shape index (κ1) is 27.2. The van der Waals surface area contributed by atoms with Gasteiger partial charge in [0, 0.05) is 46.4 Å². The Balaban J connectivity index is 0.00000450. The fraction of sp³-hybridized carbons (Fsp3) is 0.875. The van der Waals surface area contributed by atoms with E-state index in [4.69, 9.17) is 4.74 Å². The second-order valence-electron chi connectivity index (χ2n) is 7.24. The number of aliphatic imine (C=N–C) groups is 1. The Labute approximate surface area is 191 Å². The van der Waals surface area contributed by atoms with Crippen molar-refractivity contribution in [3.8, 4) is 0 Å². The maximum atomic E-state index is 12.7. The van der Waals surface area contributed by atoms with Crippen LogP contribution in [-0.4, -0.2) is 94.0 Å². The van der Waals surface area contributed by atoms with Crippen molar-refractivity contribution in [1.82, 2.24) is 19.8 Å². The third-order valence-corrected chi connectivity index (χ3v) is 6.45. The molecule has 1 atom stereocenters. The van der Waals surface area contributed by atoms with Gasteiger partial charge in [-0.15, -0.1) is 24.0 Å². The molecule has 2 heterocycles. The van der Waals surface area contributed by atoms with E-state index in [1.807, 2.05) is 0 Å². The number of halogens is 4. The summed E-state index contributed by atoms with van der Waals surface area (Å²) < 4.78 is 67.1. The largest absolute Gasteiger partial charge is 0.511 e. The number of piperidine rings is 1. The van der Waals surface area contributed by atoms with Crippen molar-refractivity contribution in [2.45, 2.75) is 43.3 Å². The van der Waals surface area contributed by atoms with Gasteiger partial charge in [-0.2, -0.15) is 17.5 Å². The number of rotatable bonds is 6. The fourth-order valence-electron chi connectivity index (χ4n) is 3.04. The van der Waals surface area contributed by atoms with Crippen molar-refractivity contribution in [3.05, 3.63) is 0 Å². The molecule has 30 heavy (non-hydrogen) atoms. The molecule has 2 aliphatic rings. The summed E-state index contributed by atoms with van der Waals surface area (Å²) in [5.41, 5.74) is -5.30. The van der Waals surface area contributed by atoms with E-state index in [-0.39, 0.29) is 74.5 Å². The monoisotopic (exact) mass is 571 g/mol. The Kier molecular flexibility index (Phi) is 10.6. The Morgan fingerprint density at radius 3 is 2.37 bits per heavy atom. The minimum Gasteiger partial charge on any atom is -0.376 e. The van der Waals surface area contributed by atoms with Crippen LogP contribution in [0.4, 0.5) is 13.2 Å². The molecular formula is C16H29F3IN5O4S. The first-order valence-electron chi connectivity index (χ1n) is 9.43. The molecule has 0 aromatic heterocycles. The van der Waals surface area contributed by atoms with Crippen LogP contribution in [0.15, 0.2) is 4.99 Å². The average molecular weight is 571 g/mol. The molecule has 1 unspecified atom stereocenters.